The van der Waals surface area contributed by atoms with Crippen molar-refractivity contribution in [2.75, 3.05) is 0 Å². The quantitative estimate of drug-likeness (QED) is 0.486. The molecule has 0 atom stereocenters. The number of halogens is 1. The van der Waals surface area contributed by atoms with Crippen LogP contribution in [0.5, 0.6) is 5.75 Å². The van der Waals surface area contributed by atoms with Gasteiger partial charge >= 0.3 is 0 Å². The maximum Gasteiger partial charge on any atom is 0.180 e. The zero-order valence-electron chi connectivity index (χ0n) is 18.5. The zero-order valence-corrected chi connectivity index (χ0v) is 19.3. The van der Waals surface area contributed by atoms with E-state index >= 15 is 0 Å². The third-order valence-corrected chi connectivity index (χ3v) is 5.76. The molecule has 0 bridgehead atoms. The first kappa shape index (κ1) is 22.2. The van der Waals surface area contributed by atoms with Gasteiger partial charge < -0.3 is 10.4 Å². The number of fused-ring (bicyclic) bond motifs is 1. The molecule has 0 aliphatic carbocycles. The van der Waals surface area contributed by atoms with Crippen LogP contribution in [0.3, 0.4) is 0 Å². The summed E-state index contributed by atoms with van der Waals surface area (Å²) in [5.74, 6) is 0.0951. The van der Waals surface area contributed by atoms with E-state index in [1.807, 2.05) is 23.0 Å². The average Bonchev–Trinajstić information content (AvgIpc) is 3.35. The molecular formula is C22H27ClN8O. The summed E-state index contributed by atoms with van der Waals surface area (Å²) < 4.78 is 2.00. The Kier molecular flexibility index (Phi) is 5.42. The Morgan fingerprint density at radius 2 is 1.66 bits per heavy atom. The van der Waals surface area contributed by atoms with E-state index in [9.17, 15) is 5.11 Å². The SMILES string of the molecule is CC1(C)CC(n2ncc3cc(-c4ccc(-n5nccn5)cc4O)nnc32)CC(C)(C)N1.Cl. The summed E-state index contributed by atoms with van der Waals surface area (Å²) >= 11 is 0. The number of nitrogens with zero attached hydrogens (tertiary/aromatic N) is 7. The van der Waals surface area contributed by atoms with Gasteiger partial charge in [-0.05, 0) is 58.7 Å². The molecule has 3 aromatic heterocycles. The van der Waals surface area contributed by atoms with Gasteiger partial charge in [0.05, 0.1) is 36.0 Å². The smallest absolute Gasteiger partial charge is 0.180 e. The van der Waals surface area contributed by atoms with Gasteiger partial charge in [-0.2, -0.15) is 20.1 Å². The Balaban J connectivity index is 0.00000245. The lowest BCUT2D eigenvalue weighted by Gasteiger charge is -2.46. The second kappa shape index (κ2) is 7.83. The van der Waals surface area contributed by atoms with Gasteiger partial charge in [-0.15, -0.1) is 22.6 Å². The number of aromatic nitrogens is 7. The van der Waals surface area contributed by atoms with E-state index in [0.29, 0.717) is 16.9 Å². The van der Waals surface area contributed by atoms with Crippen molar-refractivity contribution in [3.8, 4) is 22.7 Å². The maximum absolute atomic E-state index is 10.6. The Bertz CT molecular complexity index is 1230. The monoisotopic (exact) mass is 454 g/mol. The first-order valence-electron chi connectivity index (χ1n) is 10.4. The van der Waals surface area contributed by atoms with Crippen molar-refractivity contribution in [1.82, 2.24) is 40.3 Å². The molecule has 0 radical (unpaired) electrons. The molecule has 1 aliphatic heterocycles. The number of aromatic hydroxyl groups is 1. The van der Waals surface area contributed by atoms with Gasteiger partial charge in [0.15, 0.2) is 5.65 Å². The molecule has 0 spiro atoms. The summed E-state index contributed by atoms with van der Waals surface area (Å²) in [6, 6.07) is 7.40. The van der Waals surface area contributed by atoms with Crippen molar-refractivity contribution in [3.05, 3.63) is 42.9 Å². The number of rotatable bonds is 3. The summed E-state index contributed by atoms with van der Waals surface area (Å²) in [7, 11) is 0. The first-order chi connectivity index (χ1) is 14.7. The lowest BCUT2D eigenvalue weighted by molar-refractivity contribution is 0.128. The van der Waals surface area contributed by atoms with E-state index in [1.54, 1.807) is 24.5 Å². The number of hydrogen-bond acceptors (Lipinski definition) is 7. The van der Waals surface area contributed by atoms with Crippen LogP contribution in [0.1, 0.15) is 46.6 Å². The van der Waals surface area contributed by atoms with E-state index < -0.39 is 0 Å². The highest BCUT2D eigenvalue weighted by Crippen LogP contribution is 2.37. The lowest BCUT2D eigenvalue weighted by atomic mass is 9.80. The fourth-order valence-corrected chi connectivity index (χ4v) is 4.90. The summed E-state index contributed by atoms with van der Waals surface area (Å²) in [5.41, 5.74) is 2.64. The number of phenolic OH excluding ortho intramolecular Hbond substituents is 1. The van der Waals surface area contributed by atoms with Gasteiger partial charge in [-0.25, -0.2) is 4.68 Å². The second-order valence-corrected chi connectivity index (χ2v) is 9.57. The molecule has 10 heteroatoms. The van der Waals surface area contributed by atoms with Crippen LogP contribution in [0.4, 0.5) is 0 Å². The van der Waals surface area contributed by atoms with E-state index in [0.717, 1.165) is 23.9 Å². The van der Waals surface area contributed by atoms with E-state index in [2.05, 4.69) is 58.5 Å². The fraction of sp³-hybridized carbons (Fsp3) is 0.409. The Morgan fingerprint density at radius 1 is 0.969 bits per heavy atom. The molecule has 168 valence electrons. The third-order valence-electron chi connectivity index (χ3n) is 5.76. The number of nitrogens with one attached hydrogen (secondary N) is 1. The van der Waals surface area contributed by atoms with Crippen molar-refractivity contribution in [1.29, 1.82) is 0 Å². The minimum atomic E-state index is 0. The van der Waals surface area contributed by atoms with Crippen LogP contribution in [0.25, 0.3) is 28.0 Å². The second-order valence-electron chi connectivity index (χ2n) is 9.57. The molecule has 0 saturated carbocycles. The van der Waals surface area contributed by atoms with E-state index in [-0.39, 0.29) is 35.3 Å². The van der Waals surface area contributed by atoms with Crippen LogP contribution in [-0.2, 0) is 0 Å². The molecule has 9 nitrogen and oxygen atoms in total. The predicted molar refractivity (Wildman–Crippen MR) is 124 cm³/mol. The van der Waals surface area contributed by atoms with Gasteiger partial charge in [0.1, 0.15) is 5.75 Å². The van der Waals surface area contributed by atoms with Crippen molar-refractivity contribution in [2.24, 2.45) is 0 Å². The maximum atomic E-state index is 10.6. The van der Waals surface area contributed by atoms with Crippen molar-refractivity contribution >= 4 is 23.4 Å². The van der Waals surface area contributed by atoms with Crippen LogP contribution in [-0.4, -0.2) is 51.2 Å². The van der Waals surface area contributed by atoms with Crippen LogP contribution < -0.4 is 5.32 Å². The molecule has 0 unspecified atom stereocenters. The molecule has 1 fully saturated rings. The highest BCUT2D eigenvalue weighted by Gasteiger charge is 2.39. The van der Waals surface area contributed by atoms with Crippen LogP contribution in [0, 0.1) is 0 Å². The molecular weight excluding hydrogens is 428 g/mol. The molecule has 4 heterocycles. The molecule has 1 saturated heterocycles. The minimum absolute atomic E-state index is 0. The Hall–Kier alpha value is -3.04. The highest BCUT2D eigenvalue weighted by atomic mass is 35.5. The molecule has 32 heavy (non-hydrogen) atoms. The van der Waals surface area contributed by atoms with Gasteiger partial charge in [-0.1, -0.05) is 0 Å². The van der Waals surface area contributed by atoms with Gasteiger partial charge in [0.25, 0.3) is 0 Å². The van der Waals surface area contributed by atoms with Crippen molar-refractivity contribution < 1.29 is 5.11 Å². The molecule has 5 rings (SSSR count). The van der Waals surface area contributed by atoms with Crippen LogP contribution >= 0.6 is 12.4 Å². The summed E-state index contributed by atoms with van der Waals surface area (Å²) in [5, 5.41) is 36.9. The number of benzene rings is 1. The predicted octanol–water partition coefficient (Wildman–Crippen LogP) is 3.68. The number of piperidine rings is 1. The fourth-order valence-electron chi connectivity index (χ4n) is 4.90. The van der Waals surface area contributed by atoms with Crippen molar-refractivity contribution in [2.45, 2.75) is 57.7 Å². The molecule has 1 aromatic carbocycles. The number of hydrogen-bond donors (Lipinski definition) is 2. The standard InChI is InChI=1S/C22H26N8O.ClH/c1-21(2)11-16(12-22(3,4)28-21)29-20-14(13-25-29)9-18(26-27-20)17-6-5-15(10-19(17)31)30-23-7-8-24-30;/h5-10,13,16,28,31H,11-12H2,1-4H3;1H. The zero-order chi connectivity index (χ0) is 21.8. The molecule has 4 aromatic rings. The van der Waals surface area contributed by atoms with E-state index in [1.165, 1.54) is 4.80 Å². The molecule has 2 N–H and O–H groups in total. The molecule has 1 aliphatic rings. The largest absolute Gasteiger partial charge is 0.507 e. The van der Waals surface area contributed by atoms with E-state index in [4.69, 9.17) is 0 Å². The number of phenols is 1. The summed E-state index contributed by atoms with van der Waals surface area (Å²) in [6.07, 6.45) is 6.93. The Morgan fingerprint density at radius 3 is 2.31 bits per heavy atom. The minimum Gasteiger partial charge on any atom is -0.507 e. The lowest BCUT2D eigenvalue weighted by Crippen LogP contribution is -2.58. The first-order valence-corrected chi connectivity index (χ1v) is 10.4. The summed E-state index contributed by atoms with van der Waals surface area (Å²) in [6.45, 7) is 8.90. The summed E-state index contributed by atoms with van der Waals surface area (Å²) in [4.78, 5) is 1.45. The van der Waals surface area contributed by atoms with Crippen LogP contribution in [0.2, 0.25) is 0 Å². The third kappa shape index (κ3) is 4.05. The molecule has 0 amide bonds. The van der Waals surface area contributed by atoms with Gasteiger partial charge in [0.2, 0.25) is 0 Å². The average molecular weight is 455 g/mol. The highest BCUT2D eigenvalue weighted by molar-refractivity contribution is 5.85. The van der Waals surface area contributed by atoms with Gasteiger partial charge in [0, 0.05) is 28.1 Å². The Labute approximate surface area is 192 Å². The van der Waals surface area contributed by atoms with Gasteiger partial charge in [-0.3, -0.25) is 0 Å². The topological polar surface area (TPSA) is 107 Å². The van der Waals surface area contributed by atoms with Crippen molar-refractivity contribution in [3.63, 3.8) is 0 Å². The normalized spacial score (nSPS) is 17.9. The van der Waals surface area contributed by atoms with Crippen LogP contribution in [0.15, 0.2) is 42.9 Å².